The van der Waals surface area contributed by atoms with Crippen molar-refractivity contribution in [2.24, 2.45) is 0 Å². The molecule has 170 valence electrons. The van der Waals surface area contributed by atoms with Gasteiger partial charge in [0.05, 0.1) is 17.3 Å². The molecule has 0 N–H and O–H groups in total. The monoisotopic (exact) mass is 457 g/mol. The molecule has 0 spiro atoms. The summed E-state index contributed by atoms with van der Waals surface area (Å²) >= 11 is 0. The van der Waals surface area contributed by atoms with Crippen LogP contribution in [-0.4, -0.2) is 22.1 Å². The number of rotatable bonds is 3. The molecule has 0 fully saturated rings. The van der Waals surface area contributed by atoms with E-state index in [9.17, 15) is 14.4 Å². The van der Waals surface area contributed by atoms with Gasteiger partial charge in [0.2, 0.25) is 0 Å². The average molecular weight is 457 g/mol. The second-order valence-corrected chi connectivity index (χ2v) is 8.55. The van der Waals surface area contributed by atoms with Gasteiger partial charge >= 0.3 is 5.97 Å². The predicted molar refractivity (Wildman–Crippen MR) is 122 cm³/mol. The first kappa shape index (κ1) is 21.9. The molecule has 2 atom stereocenters. The van der Waals surface area contributed by atoms with Gasteiger partial charge in [-0.1, -0.05) is 6.08 Å². The quantitative estimate of drug-likeness (QED) is 0.497. The van der Waals surface area contributed by atoms with Crippen molar-refractivity contribution in [3.63, 3.8) is 0 Å². The summed E-state index contributed by atoms with van der Waals surface area (Å²) < 4.78 is 34.9. The second kappa shape index (κ2) is 8.45. The normalized spacial score (nSPS) is 18.5. The summed E-state index contributed by atoms with van der Waals surface area (Å²) in [6, 6.07) is 8.40. The highest BCUT2D eigenvalue weighted by Crippen LogP contribution is 2.46. The second-order valence-electron chi connectivity index (χ2n) is 8.55. The molecule has 2 unspecified atom stereocenters. The molecule has 1 aromatic carbocycles. The Kier molecular flexibility index (Phi) is 5.45. The van der Waals surface area contributed by atoms with E-state index in [2.05, 4.69) is 11.1 Å². The number of alkyl halides is 1. The van der Waals surface area contributed by atoms with Crippen LogP contribution in [0.1, 0.15) is 58.5 Å². The van der Waals surface area contributed by atoms with Crippen LogP contribution in [0.3, 0.4) is 0 Å². The van der Waals surface area contributed by atoms with E-state index in [1.807, 2.05) is 19.1 Å². The van der Waals surface area contributed by atoms with E-state index in [0.717, 1.165) is 22.4 Å². The van der Waals surface area contributed by atoms with E-state index in [1.54, 1.807) is 18.5 Å². The molecule has 7 heteroatoms. The van der Waals surface area contributed by atoms with E-state index in [4.69, 9.17) is 9.72 Å². The molecule has 2 aliphatic rings. The molecule has 2 aromatic heterocycles. The Morgan fingerprint density at radius 1 is 1.26 bits per heavy atom. The molecule has 2 heterocycles. The van der Waals surface area contributed by atoms with E-state index in [1.165, 1.54) is 19.1 Å². The minimum absolute atomic E-state index is 0.0349. The number of hydrogen-bond acceptors (Lipinski definition) is 5. The Morgan fingerprint density at radius 2 is 2.09 bits per heavy atom. The van der Waals surface area contributed by atoms with E-state index < -0.39 is 24.1 Å². The van der Waals surface area contributed by atoms with Crippen molar-refractivity contribution in [1.29, 1.82) is 5.26 Å². The highest BCUT2D eigenvalue weighted by molar-refractivity contribution is 5.88. The molecule has 2 aliphatic carbocycles. The summed E-state index contributed by atoms with van der Waals surface area (Å²) in [6.45, 7) is 3.10. The maximum Gasteiger partial charge on any atom is 0.303 e. The van der Waals surface area contributed by atoms with Gasteiger partial charge in [-0.3, -0.25) is 14.8 Å². The third kappa shape index (κ3) is 3.56. The van der Waals surface area contributed by atoms with Gasteiger partial charge in [0, 0.05) is 53.7 Å². The third-order valence-electron chi connectivity index (χ3n) is 6.42. The maximum absolute atomic E-state index is 15.3. The zero-order chi connectivity index (χ0) is 24.0. The lowest BCUT2D eigenvalue weighted by atomic mass is 9.82. The summed E-state index contributed by atoms with van der Waals surface area (Å²) in [4.78, 5) is 20.9. The van der Waals surface area contributed by atoms with Gasteiger partial charge in [-0.05, 0) is 60.7 Å². The molecular formula is C27H21F2N3O2. The van der Waals surface area contributed by atoms with Crippen LogP contribution in [0.4, 0.5) is 8.78 Å². The Bertz CT molecular complexity index is 1410. The van der Waals surface area contributed by atoms with Gasteiger partial charge in [-0.15, -0.1) is 0 Å². The van der Waals surface area contributed by atoms with Crippen LogP contribution in [0.15, 0.2) is 42.7 Å². The molecule has 0 saturated heterocycles. The number of carbonyl (C=O) groups is 1. The summed E-state index contributed by atoms with van der Waals surface area (Å²) in [7, 11) is 0. The number of hydrogen-bond donors (Lipinski definition) is 0. The number of carbonyl (C=O) groups excluding carboxylic acids is 1. The molecular weight excluding hydrogens is 436 g/mol. The Labute approximate surface area is 195 Å². The zero-order valence-electron chi connectivity index (χ0n) is 18.7. The summed E-state index contributed by atoms with van der Waals surface area (Å²) in [5.74, 6) is -1.04. The van der Waals surface area contributed by atoms with Crippen molar-refractivity contribution in [2.45, 2.75) is 45.4 Å². The van der Waals surface area contributed by atoms with Crippen molar-refractivity contribution in [1.82, 2.24) is 9.97 Å². The lowest BCUT2D eigenvalue weighted by molar-refractivity contribution is -0.149. The number of nitrogens with zero attached hydrogens (tertiary/aromatic N) is 3. The van der Waals surface area contributed by atoms with Crippen molar-refractivity contribution in [3.8, 4) is 17.3 Å². The third-order valence-corrected chi connectivity index (χ3v) is 6.42. The van der Waals surface area contributed by atoms with E-state index >= 15 is 4.39 Å². The van der Waals surface area contributed by atoms with E-state index in [-0.39, 0.29) is 12.0 Å². The number of aromatic nitrogens is 2. The van der Waals surface area contributed by atoms with Crippen molar-refractivity contribution in [2.75, 3.05) is 0 Å². The first-order valence-corrected chi connectivity index (χ1v) is 11.1. The maximum atomic E-state index is 15.3. The molecule has 5 nitrogen and oxygen atoms in total. The van der Waals surface area contributed by atoms with Gasteiger partial charge in [0.1, 0.15) is 12.0 Å². The Balaban J connectivity index is 1.76. The fourth-order valence-electron chi connectivity index (χ4n) is 5.05. The molecule has 34 heavy (non-hydrogen) atoms. The SMILES string of the molecule is CC(=O)OC1c2c(-c3cccnc3C)ncc(C3=CCCc4cc(F)cc(C#N)c43)c2CC1F. The number of esters is 1. The zero-order valence-corrected chi connectivity index (χ0v) is 18.7. The predicted octanol–water partition coefficient (Wildman–Crippen LogP) is 5.34. The van der Waals surface area contributed by atoms with Gasteiger partial charge in [0.15, 0.2) is 6.10 Å². The summed E-state index contributed by atoms with van der Waals surface area (Å²) in [5, 5.41) is 9.70. The summed E-state index contributed by atoms with van der Waals surface area (Å²) in [6.07, 6.45) is 4.09. The van der Waals surface area contributed by atoms with Gasteiger partial charge in [-0.25, -0.2) is 8.78 Å². The Hall–Kier alpha value is -3.92. The number of aryl methyl sites for hydroxylation is 2. The van der Waals surface area contributed by atoms with Crippen molar-refractivity contribution in [3.05, 3.63) is 87.6 Å². The minimum atomic E-state index is -1.44. The van der Waals surface area contributed by atoms with E-state index in [0.29, 0.717) is 40.8 Å². The fourth-order valence-corrected chi connectivity index (χ4v) is 5.05. The highest BCUT2D eigenvalue weighted by atomic mass is 19.1. The largest absolute Gasteiger partial charge is 0.454 e. The molecule has 0 bridgehead atoms. The van der Waals surface area contributed by atoms with Gasteiger partial charge < -0.3 is 4.74 Å². The number of fused-ring (bicyclic) bond motifs is 2. The molecule has 5 rings (SSSR count). The molecule has 3 aromatic rings. The fraction of sp³-hybridized carbons (Fsp3) is 0.259. The number of allylic oxidation sites excluding steroid dienone is 1. The van der Waals surface area contributed by atoms with Crippen LogP contribution < -0.4 is 0 Å². The van der Waals surface area contributed by atoms with Gasteiger partial charge in [-0.2, -0.15) is 5.26 Å². The number of nitriles is 1. The molecule has 0 radical (unpaired) electrons. The number of ether oxygens (including phenoxy) is 1. The average Bonchev–Trinajstić information content (AvgIpc) is 3.13. The number of pyridine rings is 2. The van der Waals surface area contributed by atoms with Crippen LogP contribution in [0.5, 0.6) is 0 Å². The van der Waals surface area contributed by atoms with Crippen LogP contribution in [0.2, 0.25) is 0 Å². The first-order valence-electron chi connectivity index (χ1n) is 11.1. The highest BCUT2D eigenvalue weighted by Gasteiger charge is 2.40. The van der Waals surface area contributed by atoms with Crippen LogP contribution in [-0.2, 0) is 22.4 Å². The van der Waals surface area contributed by atoms with Gasteiger partial charge in [0.25, 0.3) is 0 Å². The first-order chi connectivity index (χ1) is 16.4. The lowest BCUT2D eigenvalue weighted by Crippen LogP contribution is -2.16. The smallest absolute Gasteiger partial charge is 0.303 e. The number of halogens is 2. The lowest BCUT2D eigenvalue weighted by Gasteiger charge is -2.23. The Morgan fingerprint density at radius 3 is 2.82 bits per heavy atom. The molecule has 0 amide bonds. The van der Waals surface area contributed by atoms with Crippen molar-refractivity contribution < 1.29 is 18.3 Å². The molecule has 0 saturated carbocycles. The van der Waals surface area contributed by atoms with Crippen LogP contribution in [0.25, 0.3) is 16.8 Å². The van der Waals surface area contributed by atoms with Crippen LogP contribution >= 0.6 is 0 Å². The van der Waals surface area contributed by atoms with Crippen LogP contribution in [0, 0.1) is 24.1 Å². The topological polar surface area (TPSA) is 75.9 Å². The molecule has 0 aliphatic heterocycles. The minimum Gasteiger partial charge on any atom is -0.454 e. The standard InChI is InChI=1S/C27H21F2N3O2/c1-14-19(7-4-8-31-14)26-25-21(11-23(29)27(25)34-15(2)33)22(13-32-26)20-6-3-5-16-9-18(28)10-17(12-30)24(16)20/h4,6-10,13,23,27H,3,5,11H2,1-2H3. The van der Waals surface area contributed by atoms with Crippen molar-refractivity contribution >= 4 is 11.5 Å². The summed E-state index contributed by atoms with van der Waals surface area (Å²) in [5.41, 5.74) is 6.18. The number of benzene rings is 1.